The summed E-state index contributed by atoms with van der Waals surface area (Å²) in [5, 5.41) is 3.48. The number of esters is 1. The molecule has 2 rings (SSSR count). The van der Waals surface area contributed by atoms with E-state index in [9.17, 15) is 9.59 Å². The lowest BCUT2D eigenvalue weighted by Crippen LogP contribution is -2.14. The fourth-order valence-corrected chi connectivity index (χ4v) is 2.75. The number of rotatable bonds is 6. The van der Waals surface area contributed by atoms with Gasteiger partial charge in [-0.25, -0.2) is 4.79 Å². The summed E-state index contributed by atoms with van der Waals surface area (Å²) in [5.41, 5.74) is 1.77. The Labute approximate surface area is 173 Å². The van der Waals surface area contributed by atoms with Gasteiger partial charge < -0.3 is 19.5 Å². The minimum absolute atomic E-state index is 0.133. The van der Waals surface area contributed by atoms with Crippen molar-refractivity contribution in [3.05, 3.63) is 57.6 Å². The highest BCUT2D eigenvalue weighted by Gasteiger charge is 2.18. The van der Waals surface area contributed by atoms with Crippen LogP contribution in [0.3, 0.4) is 0 Å². The molecule has 0 atom stereocenters. The number of nitrogens with one attached hydrogen (secondary N) is 1. The van der Waals surface area contributed by atoms with Crippen LogP contribution in [-0.2, 0) is 9.53 Å². The number of amides is 1. The van der Waals surface area contributed by atoms with Crippen molar-refractivity contribution >= 4 is 46.3 Å². The van der Waals surface area contributed by atoms with Crippen LogP contribution < -0.4 is 14.8 Å². The van der Waals surface area contributed by atoms with Crippen molar-refractivity contribution < 1.29 is 23.8 Å². The van der Waals surface area contributed by atoms with Crippen molar-refractivity contribution in [1.82, 2.24) is 0 Å². The highest BCUT2D eigenvalue weighted by Crippen LogP contribution is 2.34. The fraction of sp³-hybridized carbons (Fsp3) is 0.200. The normalized spacial score (nSPS) is 11.0. The molecule has 0 aliphatic rings. The molecule has 1 N–H and O–H groups in total. The molecule has 1 amide bonds. The van der Waals surface area contributed by atoms with E-state index in [4.69, 9.17) is 37.4 Å². The molecular formula is C20H19Cl2NO5. The molecule has 0 aliphatic carbocycles. The third kappa shape index (κ3) is 4.97. The molecule has 0 fully saturated rings. The molecule has 0 saturated heterocycles. The molecule has 0 heterocycles. The Hall–Kier alpha value is -2.70. The van der Waals surface area contributed by atoms with Gasteiger partial charge in [0.05, 0.1) is 42.6 Å². The predicted octanol–water partition coefficient (Wildman–Crippen LogP) is 4.84. The Morgan fingerprint density at radius 2 is 1.61 bits per heavy atom. The quantitative estimate of drug-likeness (QED) is 0.531. The van der Waals surface area contributed by atoms with Crippen LogP contribution in [0.2, 0.25) is 10.0 Å². The summed E-state index contributed by atoms with van der Waals surface area (Å²) in [6, 6.07) is 8.00. The summed E-state index contributed by atoms with van der Waals surface area (Å²) >= 11 is 11.9. The van der Waals surface area contributed by atoms with Gasteiger partial charge in [0.1, 0.15) is 0 Å². The van der Waals surface area contributed by atoms with Crippen molar-refractivity contribution in [2.75, 3.05) is 26.6 Å². The van der Waals surface area contributed by atoms with Gasteiger partial charge >= 0.3 is 5.97 Å². The van der Waals surface area contributed by atoms with E-state index in [1.807, 2.05) is 0 Å². The minimum atomic E-state index is -0.624. The molecule has 0 aromatic heterocycles. The summed E-state index contributed by atoms with van der Waals surface area (Å²) in [7, 11) is 4.15. The second-order valence-corrected chi connectivity index (χ2v) is 6.50. The number of benzene rings is 2. The number of anilines is 1. The van der Waals surface area contributed by atoms with Crippen LogP contribution >= 0.6 is 23.2 Å². The first-order valence-electron chi connectivity index (χ1n) is 8.09. The van der Waals surface area contributed by atoms with Crippen molar-refractivity contribution in [2.24, 2.45) is 0 Å². The van der Waals surface area contributed by atoms with E-state index in [0.29, 0.717) is 27.1 Å². The lowest BCUT2D eigenvalue weighted by molar-refractivity contribution is -0.111. The topological polar surface area (TPSA) is 73.9 Å². The number of allylic oxidation sites excluding steroid dienone is 1. The number of carbonyl (C=O) groups is 2. The van der Waals surface area contributed by atoms with Crippen molar-refractivity contribution in [3.63, 3.8) is 0 Å². The first kappa shape index (κ1) is 21.6. The van der Waals surface area contributed by atoms with Crippen LogP contribution in [0.15, 0.2) is 36.4 Å². The van der Waals surface area contributed by atoms with Gasteiger partial charge in [0.15, 0.2) is 11.5 Å². The first-order valence-corrected chi connectivity index (χ1v) is 8.85. The van der Waals surface area contributed by atoms with Crippen LogP contribution in [0, 0.1) is 0 Å². The smallest absolute Gasteiger partial charge is 0.340 e. The third-order valence-electron chi connectivity index (χ3n) is 3.91. The largest absolute Gasteiger partial charge is 0.493 e. The summed E-state index contributed by atoms with van der Waals surface area (Å²) in [6.45, 7) is 1.76. The lowest BCUT2D eigenvalue weighted by atomic mass is 10.1. The number of methoxy groups -OCH3 is 3. The SMILES string of the molecule is COC(=O)c1cc(OC)c(OC)cc1NC(=O)/C=C(/C)c1ccc(Cl)c(Cl)c1. The molecule has 2 aromatic rings. The van der Waals surface area contributed by atoms with Gasteiger partial charge in [-0.1, -0.05) is 29.3 Å². The molecule has 2 aromatic carbocycles. The van der Waals surface area contributed by atoms with Crippen molar-refractivity contribution in [3.8, 4) is 11.5 Å². The average Bonchev–Trinajstić information content (AvgIpc) is 2.68. The van der Waals surface area contributed by atoms with E-state index in [1.54, 1.807) is 25.1 Å². The average molecular weight is 424 g/mol. The number of hydrogen-bond donors (Lipinski definition) is 1. The van der Waals surface area contributed by atoms with Crippen LogP contribution in [0.5, 0.6) is 11.5 Å². The van der Waals surface area contributed by atoms with Gasteiger partial charge in [0.25, 0.3) is 0 Å². The summed E-state index contributed by atoms with van der Waals surface area (Å²) < 4.78 is 15.2. The van der Waals surface area contributed by atoms with Crippen molar-refractivity contribution in [2.45, 2.75) is 6.92 Å². The Morgan fingerprint density at radius 1 is 0.964 bits per heavy atom. The minimum Gasteiger partial charge on any atom is -0.493 e. The van der Waals surface area contributed by atoms with Crippen LogP contribution in [0.1, 0.15) is 22.8 Å². The molecule has 0 bridgehead atoms. The van der Waals surface area contributed by atoms with Crippen LogP contribution in [0.25, 0.3) is 5.57 Å². The molecule has 0 spiro atoms. The summed E-state index contributed by atoms with van der Waals surface area (Å²) in [5.74, 6) is -0.374. The van der Waals surface area contributed by atoms with E-state index >= 15 is 0 Å². The molecule has 0 unspecified atom stereocenters. The molecule has 0 saturated carbocycles. The third-order valence-corrected chi connectivity index (χ3v) is 4.65. The van der Waals surface area contributed by atoms with E-state index < -0.39 is 11.9 Å². The van der Waals surface area contributed by atoms with Gasteiger partial charge in [0.2, 0.25) is 5.91 Å². The zero-order valence-electron chi connectivity index (χ0n) is 15.8. The number of ether oxygens (including phenoxy) is 3. The van der Waals surface area contributed by atoms with Crippen LogP contribution in [-0.4, -0.2) is 33.2 Å². The van der Waals surface area contributed by atoms with E-state index in [2.05, 4.69) is 5.32 Å². The monoisotopic (exact) mass is 423 g/mol. The van der Waals surface area contributed by atoms with E-state index in [0.717, 1.165) is 5.56 Å². The zero-order valence-corrected chi connectivity index (χ0v) is 17.3. The maximum atomic E-state index is 12.5. The van der Waals surface area contributed by atoms with Gasteiger partial charge in [-0.3, -0.25) is 4.79 Å². The lowest BCUT2D eigenvalue weighted by Gasteiger charge is -2.14. The number of hydrogen-bond acceptors (Lipinski definition) is 5. The molecule has 0 radical (unpaired) electrons. The standard InChI is InChI=1S/C20H19Cl2NO5/c1-11(12-5-6-14(21)15(22)8-12)7-19(24)23-16-10-18(27-3)17(26-2)9-13(16)20(25)28-4/h5-10H,1-4H3,(H,23,24)/b11-7-. The maximum Gasteiger partial charge on any atom is 0.340 e. The second kappa shape index (κ2) is 9.48. The molecule has 6 nitrogen and oxygen atoms in total. The molecule has 0 aliphatic heterocycles. The highest BCUT2D eigenvalue weighted by molar-refractivity contribution is 6.42. The second-order valence-electron chi connectivity index (χ2n) is 5.69. The Kier molecular flexibility index (Phi) is 7.31. The maximum absolute atomic E-state index is 12.5. The number of carbonyl (C=O) groups excluding carboxylic acids is 2. The van der Waals surface area contributed by atoms with E-state index in [-0.39, 0.29) is 11.3 Å². The zero-order chi connectivity index (χ0) is 20.8. The van der Waals surface area contributed by atoms with Gasteiger partial charge in [-0.15, -0.1) is 0 Å². The molecule has 148 valence electrons. The number of halogens is 2. The van der Waals surface area contributed by atoms with Crippen LogP contribution in [0.4, 0.5) is 5.69 Å². The van der Waals surface area contributed by atoms with Gasteiger partial charge in [-0.05, 0) is 30.2 Å². The Morgan fingerprint density at radius 3 is 2.18 bits per heavy atom. The predicted molar refractivity (Wildman–Crippen MR) is 110 cm³/mol. The molecule has 28 heavy (non-hydrogen) atoms. The van der Waals surface area contributed by atoms with E-state index in [1.165, 1.54) is 39.5 Å². The Bertz CT molecular complexity index is 940. The molecular weight excluding hydrogens is 405 g/mol. The molecule has 8 heteroatoms. The fourth-order valence-electron chi connectivity index (χ4n) is 2.45. The van der Waals surface area contributed by atoms with Crippen molar-refractivity contribution in [1.29, 1.82) is 0 Å². The summed E-state index contributed by atoms with van der Waals surface area (Å²) in [4.78, 5) is 24.6. The highest BCUT2D eigenvalue weighted by atomic mass is 35.5. The first-order chi connectivity index (χ1) is 13.3. The van der Waals surface area contributed by atoms with Gasteiger partial charge in [0, 0.05) is 18.2 Å². The Balaban J connectivity index is 2.36. The van der Waals surface area contributed by atoms with Gasteiger partial charge in [-0.2, -0.15) is 0 Å². The summed E-state index contributed by atoms with van der Waals surface area (Å²) in [6.07, 6.45) is 1.39.